The standard InChI is InChI=1S/C33H30N2O4/c1-23-10-6-9-15-31(23)35(22-26-13-7-8-14-29(26)33(36)37)27-16-18-28(19-17-27)38-21-20-30-24(2)39-32(34-30)25-11-4-3-5-12-25/h3-19H,20-22H2,1-2H3,(H,36,37). The highest BCUT2D eigenvalue weighted by Crippen LogP contribution is 2.32. The van der Waals surface area contributed by atoms with Crippen LogP contribution in [-0.4, -0.2) is 22.7 Å². The molecule has 0 spiro atoms. The third kappa shape index (κ3) is 6.02. The minimum Gasteiger partial charge on any atom is -0.493 e. The number of ether oxygens (including phenoxy) is 1. The van der Waals surface area contributed by atoms with Crippen LogP contribution in [0.2, 0.25) is 0 Å². The summed E-state index contributed by atoms with van der Waals surface area (Å²) >= 11 is 0. The molecule has 0 saturated carbocycles. The van der Waals surface area contributed by atoms with Crippen LogP contribution in [0.4, 0.5) is 11.4 Å². The third-order valence-corrected chi connectivity index (χ3v) is 6.65. The Labute approximate surface area is 228 Å². The Hall–Kier alpha value is -4.84. The van der Waals surface area contributed by atoms with Crippen LogP contribution in [0, 0.1) is 13.8 Å². The topological polar surface area (TPSA) is 75.8 Å². The van der Waals surface area contributed by atoms with Gasteiger partial charge in [0.25, 0.3) is 0 Å². The molecule has 39 heavy (non-hydrogen) atoms. The number of nitrogens with zero attached hydrogens (tertiary/aromatic N) is 2. The van der Waals surface area contributed by atoms with Gasteiger partial charge in [-0.3, -0.25) is 0 Å². The molecule has 196 valence electrons. The molecule has 1 N–H and O–H groups in total. The van der Waals surface area contributed by atoms with E-state index in [9.17, 15) is 9.90 Å². The minimum absolute atomic E-state index is 0.301. The molecular formula is C33H30N2O4. The Balaban J connectivity index is 1.31. The van der Waals surface area contributed by atoms with E-state index in [0.717, 1.165) is 45.3 Å². The Bertz CT molecular complexity index is 1560. The normalized spacial score (nSPS) is 10.8. The largest absolute Gasteiger partial charge is 0.493 e. The number of aromatic nitrogens is 1. The van der Waals surface area contributed by atoms with Gasteiger partial charge in [-0.2, -0.15) is 0 Å². The fourth-order valence-electron chi connectivity index (χ4n) is 4.57. The highest BCUT2D eigenvalue weighted by atomic mass is 16.5. The summed E-state index contributed by atoms with van der Waals surface area (Å²) in [5, 5.41) is 9.71. The number of carboxylic acids is 1. The lowest BCUT2D eigenvalue weighted by Crippen LogP contribution is -2.19. The van der Waals surface area contributed by atoms with Gasteiger partial charge in [-0.05, 0) is 73.5 Å². The number of aryl methyl sites for hydroxylation is 2. The smallest absolute Gasteiger partial charge is 0.336 e. The van der Waals surface area contributed by atoms with Gasteiger partial charge in [0.15, 0.2) is 0 Å². The highest BCUT2D eigenvalue weighted by Gasteiger charge is 2.17. The fraction of sp³-hybridized carbons (Fsp3) is 0.152. The summed E-state index contributed by atoms with van der Waals surface area (Å²) in [5.74, 6) is 1.23. The number of carboxylic acid groups (broad SMARTS) is 1. The lowest BCUT2D eigenvalue weighted by atomic mass is 10.1. The second-order valence-corrected chi connectivity index (χ2v) is 9.32. The summed E-state index contributed by atoms with van der Waals surface area (Å²) in [6.07, 6.45) is 0.630. The maximum absolute atomic E-state index is 11.8. The molecule has 0 amide bonds. The first kappa shape index (κ1) is 25.8. The van der Waals surface area contributed by atoms with E-state index in [4.69, 9.17) is 9.15 Å². The second kappa shape index (κ2) is 11.7. The van der Waals surface area contributed by atoms with Crippen molar-refractivity contribution in [2.45, 2.75) is 26.8 Å². The number of para-hydroxylation sites is 1. The summed E-state index contributed by atoms with van der Waals surface area (Å²) in [5.41, 5.74) is 5.93. The maximum atomic E-state index is 11.8. The van der Waals surface area contributed by atoms with E-state index >= 15 is 0 Å². The molecule has 0 fully saturated rings. The maximum Gasteiger partial charge on any atom is 0.336 e. The minimum atomic E-state index is -0.933. The van der Waals surface area contributed by atoms with Crippen molar-refractivity contribution in [3.63, 3.8) is 0 Å². The number of hydrogen-bond acceptors (Lipinski definition) is 5. The molecule has 1 heterocycles. The molecule has 0 aliphatic carbocycles. The van der Waals surface area contributed by atoms with Crippen molar-refractivity contribution < 1.29 is 19.1 Å². The molecule has 0 aliphatic heterocycles. The number of oxazole rings is 1. The lowest BCUT2D eigenvalue weighted by Gasteiger charge is -2.27. The van der Waals surface area contributed by atoms with E-state index in [1.807, 2.05) is 91.9 Å². The van der Waals surface area contributed by atoms with Crippen molar-refractivity contribution in [3.05, 3.63) is 131 Å². The van der Waals surface area contributed by atoms with Gasteiger partial charge < -0.3 is 19.2 Å². The van der Waals surface area contributed by atoms with E-state index in [0.29, 0.717) is 31.0 Å². The monoisotopic (exact) mass is 518 g/mol. The molecule has 0 bridgehead atoms. The van der Waals surface area contributed by atoms with Gasteiger partial charge in [0.2, 0.25) is 5.89 Å². The molecule has 0 radical (unpaired) electrons. The van der Waals surface area contributed by atoms with Crippen LogP contribution >= 0.6 is 0 Å². The van der Waals surface area contributed by atoms with Crippen LogP contribution in [0.15, 0.2) is 108 Å². The third-order valence-electron chi connectivity index (χ3n) is 6.65. The number of carbonyl (C=O) groups is 1. The Morgan fingerprint density at radius 1 is 0.872 bits per heavy atom. The highest BCUT2D eigenvalue weighted by molar-refractivity contribution is 5.89. The molecule has 5 rings (SSSR count). The van der Waals surface area contributed by atoms with Crippen LogP contribution in [0.1, 0.15) is 32.9 Å². The van der Waals surface area contributed by atoms with Crippen LogP contribution in [0.3, 0.4) is 0 Å². The van der Waals surface area contributed by atoms with Crippen molar-refractivity contribution in [2.24, 2.45) is 0 Å². The van der Waals surface area contributed by atoms with Crippen LogP contribution in [0.25, 0.3) is 11.5 Å². The molecule has 0 atom stereocenters. The van der Waals surface area contributed by atoms with E-state index in [1.165, 1.54) is 0 Å². The average Bonchev–Trinajstić information content (AvgIpc) is 3.33. The molecule has 4 aromatic carbocycles. The van der Waals surface area contributed by atoms with Crippen molar-refractivity contribution in [3.8, 4) is 17.2 Å². The fourth-order valence-corrected chi connectivity index (χ4v) is 4.57. The molecular weight excluding hydrogens is 488 g/mol. The van der Waals surface area contributed by atoms with Crippen LogP contribution < -0.4 is 9.64 Å². The SMILES string of the molecule is Cc1ccccc1N(Cc1ccccc1C(=O)O)c1ccc(OCCc2nc(-c3ccccc3)oc2C)cc1. The van der Waals surface area contributed by atoms with Gasteiger partial charge in [0.1, 0.15) is 11.5 Å². The van der Waals surface area contributed by atoms with Gasteiger partial charge in [-0.25, -0.2) is 9.78 Å². The molecule has 0 saturated heterocycles. The first-order valence-corrected chi connectivity index (χ1v) is 12.9. The van der Waals surface area contributed by atoms with Crippen LogP contribution in [-0.2, 0) is 13.0 Å². The molecule has 5 aromatic rings. The Kier molecular flexibility index (Phi) is 7.73. The van der Waals surface area contributed by atoms with E-state index in [-0.39, 0.29) is 0 Å². The predicted octanol–water partition coefficient (Wildman–Crippen LogP) is 7.62. The van der Waals surface area contributed by atoms with Crippen molar-refractivity contribution in [2.75, 3.05) is 11.5 Å². The molecule has 0 aliphatic rings. The first-order valence-electron chi connectivity index (χ1n) is 12.9. The molecule has 6 heteroatoms. The first-order chi connectivity index (χ1) is 19.0. The number of benzene rings is 4. The van der Waals surface area contributed by atoms with Gasteiger partial charge in [-0.15, -0.1) is 0 Å². The Morgan fingerprint density at radius 2 is 1.56 bits per heavy atom. The van der Waals surface area contributed by atoms with E-state index in [1.54, 1.807) is 12.1 Å². The zero-order valence-electron chi connectivity index (χ0n) is 22.0. The average molecular weight is 519 g/mol. The van der Waals surface area contributed by atoms with Crippen molar-refractivity contribution >= 4 is 17.3 Å². The predicted molar refractivity (Wildman–Crippen MR) is 153 cm³/mol. The summed E-state index contributed by atoms with van der Waals surface area (Å²) in [6, 6.07) is 33.0. The lowest BCUT2D eigenvalue weighted by molar-refractivity contribution is 0.0695. The van der Waals surface area contributed by atoms with Gasteiger partial charge in [0, 0.05) is 29.9 Å². The zero-order valence-corrected chi connectivity index (χ0v) is 22.0. The van der Waals surface area contributed by atoms with Gasteiger partial charge >= 0.3 is 5.97 Å². The quantitative estimate of drug-likeness (QED) is 0.205. The number of anilines is 2. The number of rotatable bonds is 10. The van der Waals surface area contributed by atoms with Crippen LogP contribution in [0.5, 0.6) is 5.75 Å². The summed E-state index contributed by atoms with van der Waals surface area (Å²) in [7, 11) is 0. The summed E-state index contributed by atoms with van der Waals surface area (Å²) in [6.45, 7) is 4.86. The number of aromatic carboxylic acids is 1. The molecule has 0 unspecified atom stereocenters. The summed E-state index contributed by atoms with van der Waals surface area (Å²) in [4.78, 5) is 18.6. The molecule has 1 aromatic heterocycles. The molecule has 6 nitrogen and oxygen atoms in total. The second-order valence-electron chi connectivity index (χ2n) is 9.32. The van der Waals surface area contributed by atoms with Gasteiger partial charge in [-0.1, -0.05) is 54.6 Å². The van der Waals surface area contributed by atoms with Crippen molar-refractivity contribution in [1.29, 1.82) is 0 Å². The van der Waals surface area contributed by atoms with Gasteiger partial charge in [0.05, 0.1) is 17.9 Å². The summed E-state index contributed by atoms with van der Waals surface area (Å²) < 4.78 is 11.9. The van der Waals surface area contributed by atoms with E-state index < -0.39 is 5.97 Å². The van der Waals surface area contributed by atoms with Crippen molar-refractivity contribution in [1.82, 2.24) is 4.98 Å². The number of hydrogen-bond donors (Lipinski definition) is 1. The zero-order chi connectivity index (χ0) is 27.2. The Morgan fingerprint density at radius 3 is 2.31 bits per heavy atom. The van der Waals surface area contributed by atoms with E-state index in [2.05, 4.69) is 22.9 Å².